The Bertz CT molecular complexity index is 804. The van der Waals surface area contributed by atoms with E-state index in [0.717, 1.165) is 0 Å². The molecule has 12 nitrogen and oxygen atoms in total. The highest BCUT2D eigenvalue weighted by molar-refractivity contribution is 5.53. The van der Waals surface area contributed by atoms with Gasteiger partial charge in [-0.05, 0) is 24.1 Å². The second-order valence-corrected chi connectivity index (χ2v) is 7.85. The lowest BCUT2D eigenvalue weighted by molar-refractivity contribution is -0.307. The number of phenols is 1. The summed E-state index contributed by atoms with van der Waals surface area (Å²) in [6.45, 7) is 2.94. The van der Waals surface area contributed by atoms with Gasteiger partial charge in [-0.25, -0.2) is 0 Å². The molecule has 2 saturated heterocycles. The number of hydrogen-bond donors (Lipinski definition) is 7. The summed E-state index contributed by atoms with van der Waals surface area (Å²) in [5, 5.41) is 70.5. The van der Waals surface area contributed by atoms with Gasteiger partial charge in [0, 0.05) is 0 Å². The number of benzene rings is 1. The van der Waals surface area contributed by atoms with E-state index in [0.29, 0.717) is 12.0 Å². The first kappa shape index (κ1) is 25.6. The number of ether oxygens (including phenoxy) is 5. The highest BCUT2D eigenvalue weighted by Crippen LogP contribution is 2.39. The molecule has 0 radical (unpaired) electrons. The van der Waals surface area contributed by atoms with E-state index in [9.17, 15) is 35.7 Å². The number of rotatable bonds is 8. The number of hydrogen-bond acceptors (Lipinski definition) is 12. The molecule has 186 valence electrons. The molecule has 12 heteroatoms. The quantitative estimate of drug-likeness (QED) is 0.201. The Morgan fingerprint density at radius 1 is 0.970 bits per heavy atom. The third kappa shape index (κ3) is 5.57. The van der Waals surface area contributed by atoms with E-state index in [1.54, 1.807) is 12.1 Å². The van der Waals surface area contributed by atoms with Crippen molar-refractivity contribution in [3.8, 4) is 17.2 Å². The minimum absolute atomic E-state index is 0.0957. The average Bonchev–Trinajstić information content (AvgIpc) is 2.80. The molecule has 33 heavy (non-hydrogen) atoms. The van der Waals surface area contributed by atoms with Crippen LogP contribution >= 0.6 is 0 Å². The smallest absolute Gasteiger partial charge is 0.229 e. The first-order valence-electron chi connectivity index (χ1n) is 10.3. The van der Waals surface area contributed by atoms with E-state index in [1.165, 1.54) is 13.2 Å². The molecule has 9 atom stereocenters. The summed E-state index contributed by atoms with van der Waals surface area (Å²) >= 11 is 0. The van der Waals surface area contributed by atoms with Crippen LogP contribution in [0.1, 0.15) is 5.56 Å². The Labute approximate surface area is 189 Å². The summed E-state index contributed by atoms with van der Waals surface area (Å²) < 4.78 is 26.8. The molecule has 0 aliphatic carbocycles. The van der Waals surface area contributed by atoms with Crippen molar-refractivity contribution in [1.29, 1.82) is 0 Å². The molecule has 0 spiro atoms. The molecule has 2 aliphatic rings. The first-order chi connectivity index (χ1) is 15.7. The molecule has 3 rings (SSSR count). The highest BCUT2D eigenvalue weighted by atomic mass is 16.7. The normalized spacial score (nSPS) is 36.9. The van der Waals surface area contributed by atoms with Gasteiger partial charge in [0.2, 0.25) is 12.0 Å². The van der Waals surface area contributed by atoms with Gasteiger partial charge >= 0.3 is 0 Å². The zero-order chi connectivity index (χ0) is 24.3. The second-order valence-electron chi connectivity index (χ2n) is 7.85. The molecule has 0 saturated carbocycles. The van der Waals surface area contributed by atoms with Gasteiger partial charge in [-0.1, -0.05) is 6.08 Å². The maximum atomic E-state index is 10.4. The second kappa shape index (κ2) is 11.0. The van der Waals surface area contributed by atoms with Gasteiger partial charge in [0.1, 0.15) is 42.7 Å². The van der Waals surface area contributed by atoms with Crippen LogP contribution in [0.2, 0.25) is 0 Å². The molecule has 1 aromatic carbocycles. The van der Waals surface area contributed by atoms with Crippen molar-refractivity contribution in [2.45, 2.75) is 61.7 Å². The summed E-state index contributed by atoms with van der Waals surface area (Å²) in [7, 11) is 1.35. The van der Waals surface area contributed by atoms with Crippen LogP contribution in [-0.2, 0) is 20.6 Å². The lowest BCUT2D eigenvalue weighted by Gasteiger charge is -2.41. The summed E-state index contributed by atoms with van der Waals surface area (Å²) in [6, 6.07) is 3.07. The van der Waals surface area contributed by atoms with Gasteiger partial charge in [-0.2, -0.15) is 0 Å². The van der Waals surface area contributed by atoms with Crippen LogP contribution in [0.15, 0.2) is 24.8 Å². The summed E-state index contributed by atoms with van der Waals surface area (Å²) in [5.41, 5.74) is 0.685. The third-order valence-electron chi connectivity index (χ3n) is 5.49. The monoisotopic (exact) mass is 474 g/mol. The van der Waals surface area contributed by atoms with Crippen molar-refractivity contribution < 1.29 is 59.4 Å². The van der Waals surface area contributed by atoms with Crippen LogP contribution in [0.5, 0.6) is 17.2 Å². The van der Waals surface area contributed by atoms with Crippen LogP contribution < -0.4 is 9.47 Å². The van der Waals surface area contributed by atoms with Gasteiger partial charge in [0.25, 0.3) is 0 Å². The van der Waals surface area contributed by atoms with E-state index in [-0.39, 0.29) is 23.9 Å². The van der Waals surface area contributed by atoms with Crippen molar-refractivity contribution in [2.75, 3.05) is 20.3 Å². The van der Waals surface area contributed by atoms with Crippen LogP contribution in [-0.4, -0.2) is 111 Å². The molecule has 0 bridgehead atoms. The van der Waals surface area contributed by atoms with E-state index < -0.39 is 61.9 Å². The van der Waals surface area contributed by atoms with Crippen molar-refractivity contribution in [3.63, 3.8) is 0 Å². The van der Waals surface area contributed by atoms with Crippen molar-refractivity contribution in [3.05, 3.63) is 30.4 Å². The highest BCUT2D eigenvalue weighted by Gasteiger charge is 2.46. The Balaban J connectivity index is 1.72. The van der Waals surface area contributed by atoms with Crippen LogP contribution in [0, 0.1) is 0 Å². The fourth-order valence-electron chi connectivity index (χ4n) is 3.56. The molecule has 0 amide bonds. The molecule has 2 aliphatic heterocycles. The predicted molar refractivity (Wildman–Crippen MR) is 110 cm³/mol. The van der Waals surface area contributed by atoms with Gasteiger partial charge in [-0.3, -0.25) is 0 Å². The number of methoxy groups -OCH3 is 1. The zero-order valence-electron chi connectivity index (χ0n) is 17.9. The van der Waals surface area contributed by atoms with Crippen molar-refractivity contribution in [1.82, 2.24) is 0 Å². The predicted octanol–water partition coefficient (Wildman–Crippen LogP) is -2.23. The summed E-state index contributed by atoms with van der Waals surface area (Å²) in [6.07, 6.45) is -11.3. The summed E-state index contributed by atoms with van der Waals surface area (Å²) in [5.74, 6) is -0.346. The molecule has 0 unspecified atom stereocenters. The van der Waals surface area contributed by atoms with Gasteiger partial charge in [0.15, 0.2) is 17.8 Å². The largest absolute Gasteiger partial charge is 0.502 e. The van der Waals surface area contributed by atoms with E-state index in [2.05, 4.69) is 6.58 Å². The summed E-state index contributed by atoms with van der Waals surface area (Å²) in [4.78, 5) is 0. The molecular formula is C21H30O12. The lowest BCUT2D eigenvalue weighted by Crippen LogP contribution is -2.61. The average molecular weight is 474 g/mol. The number of aromatic hydroxyl groups is 1. The Kier molecular flexibility index (Phi) is 8.50. The number of aliphatic hydroxyl groups excluding tert-OH is 6. The maximum absolute atomic E-state index is 10.4. The number of allylic oxidation sites excluding steroid dienone is 1. The molecular weight excluding hydrogens is 444 g/mol. The fraction of sp³-hybridized carbons (Fsp3) is 0.619. The SMILES string of the molecule is C=CCc1cc(OC)c(O)c(O[C@@H]2O[C@H](CO[C@@H]3OC[C@H](O)[C@H](O)[C@H]3O)[C@@H](O)[C@H](O)[C@H]2O)c1. The minimum Gasteiger partial charge on any atom is -0.502 e. The van der Waals surface area contributed by atoms with Crippen LogP contribution in [0.4, 0.5) is 0 Å². The molecule has 1 aromatic rings. The van der Waals surface area contributed by atoms with Gasteiger partial charge in [0.05, 0.1) is 20.3 Å². The topological polar surface area (TPSA) is 188 Å². The molecule has 7 N–H and O–H groups in total. The Morgan fingerprint density at radius 2 is 1.64 bits per heavy atom. The third-order valence-corrected chi connectivity index (χ3v) is 5.49. The van der Waals surface area contributed by atoms with E-state index in [1.807, 2.05) is 0 Å². The lowest BCUT2D eigenvalue weighted by atomic mass is 9.99. The number of aliphatic hydroxyl groups is 6. The molecule has 2 fully saturated rings. The zero-order valence-corrected chi connectivity index (χ0v) is 17.9. The van der Waals surface area contributed by atoms with E-state index in [4.69, 9.17) is 23.7 Å². The number of phenolic OH excluding ortho intramolecular Hbond substituents is 1. The Morgan fingerprint density at radius 3 is 2.30 bits per heavy atom. The standard InChI is InChI=1S/C21H30O12/c1-3-4-9-5-11(29-2)15(24)12(6-9)32-21-19(28)17(26)16(25)13(33-21)8-31-20-18(27)14(23)10(22)7-30-20/h3,5-6,10,13-14,16-28H,1,4,7-8H2,2H3/t10-,13+,14-,16+,17-,18+,19+,20-,21+/m0/s1. The molecule has 2 heterocycles. The van der Waals surface area contributed by atoms with E-state index >= 15 is 0 Å². The maximum Gasteiger partial charge on any atom is 0.229 e. The minimum atomic E-state index is -1.69. The van der Waals surface area contributed by atoms with Gasteiger partial charge in [-0.15, -0.1) is 6.58 Å². The van der Waals surface area contributed by atoms with Crippen molar-refractivity contribution in [2.24, 2.45) is 0 Å². The van der Waals surface area contributed by atoms with Crippen LogP contribution in [0.25, 0.3) is 0 Å². The van der Waals surface area contributed by atoms with Gasteiger partial charge < -0.3 is 59.4 Å². The van der Waals surface area contributed by atoms with Crippen molar-refractivity contribution >= 4 is 0 Å². The Hall–Kier alpha value is -2.00. The van der Waals surface area contributed by atoms with Crippen LogP contribution in [0.3, 0.4) is 0 Å². The first-order valence-corrected chi connectivity index (χ1v) is 10.3. The fourth-order valence-corrected chi connectivity index (χ4v) is 3.56. The molecule has 0 aromatic heterocycles.